The van der Waals surface area contributed by atoms with E-state index < -0.39 is 0 Å². The predicted molar refractivity (Wildman–Crippen MR) is 53.8 cm³/mol. The van der Waals surface area contributed by atoms with E-state index >= 15 is 0 Å². The van der Waals surface area contributed by atoms with Gasteiger partial charge in [0.15, 0.2) is 0 Å². The standard InChI is InChI=1S/C9H9BrN2/c10-8-2-1-3-9(6-8)12-5-4-11-7-12/h1-6,11H,7H2. The normalized spacial score (nSPS) is 14.9. The van der Waals surface area contributed by atoms with Gasteiger partial charge in [-0.1, -0.05) is 22.0 Å². The van der Waals surface area contributed by atoms with Crippen molar-refractivity contribution in [1.29, 1.82) is 0 Å². The third-order valence-corrected chi connectivity index (χ3v) is 2.27. The minimum Gasteiger partial charge on any atom is -0.372 e. The summed E-state index contributed by atoms with van der Waals surface area (Å²) < 4.78 is 1.11. The van der Waals surface area contributed by atoms with Gasteiger partial charge in [-0.25, -0.2) is 0 Å². The molecular formula is C9H9BrN2. The molecule has 12 heavy (non-hydrogen) atoms. The van der Waals surface area contributed by atoms with E-state index in [-0.39, 0.29) is 0 Å². The summed E-state index contributed by atoms with van der Waals surface area (Å²) in [6, 6.07) is 8.24. The second-order valence-electron chi connectivity index (χ2n) is 2.63. The van der Waals surface area contributed by atoms with Gasteiger partial charge in [-0.15, -0.1) is 0 Å². The Morgan fingerprint density at radius 3 is 3.00 bits per heavy atom. The Morgan fingerprint density at radius 1 is 1.42 bits per heavy atom. The second kappa shape index (κ2) is 3.19. The molecule has 1 aliphatic rings. The highest BCUT2D eigenvalue weighted by Crippen LogP contribution is 2.20. The fraction of sp³-hybridized carbons (Fsp3) is 0.111. The molecular weight excluding hydrogens is 216 g/mol. The minimum atomic E-state index is 0.858. The number of anilines is 1. The Labute approximate surface area is 80.0 Å². The van der Waals surface area contributed by atoms with Gasteiger partial charge in [-0.05, 0) is 18.2 Å². The number of halogens is 1. The van der Waals surface area contributed by atoms with E-state index in [0.717, 1.165) is 11.1 Å². The molecule has 0 atom stereocenters. The average molecular weight is 225 g/mol. The fourth-order valence-electron chi connectivity index (χ4n) is 1.18. The Hall–Kier alpha value is -0.960. The van der Waals surface area contributed by atoms with E-state index in [4.69, 9.17) is 0 Å². The summed E-state index contributed by atoms with van der Waals surface area (Å²) >= 11 is 3.44. The summed E-state index contributed by atoms with van der Waals surface area (Å²) in [6.45, 7) is 0.858. The van der Waals surface area contributed by atoms with Gasteiger partial charge in [0.05, 0.1) is 6.67 Å². The molecule has 0 saturated carbocycles. The lowest BCUT2D eigenvalue weighted by Crippen LogP contribution is -2.19. The summed E-state index contributed by atoms with van der Waals surface area (Å²) in [5, 5.41) is 3.12. The zero-order valence-electron chi connectivity index (χ0n) is 6.50. The monoisotopic (exact) mass is 224 g/mol. The van der Waals surface area contributed by atoms with Gasteiger partial charge >= 0.3 is 0 Å². The smallest absolute Gasteiger partial charge is 0.0916 e. The fourth-order valence-corrected chi connectivity index (χ4v) is 1.57. The summed E-state index contributed by atoms with van der Waals surface area (Å²) in [5.41, 5.74) is 1.20. The first-order valence-electron chi connectivity index (χ1n) is 3.78. The lowest BCUT2D eigenvalue weighted by molar-refractivity contribution is 0.900. The zero-order chi connectivity index (χ0) is 8.39. The molecule has 0 aliphatic carbocycles. The molecule has 0 radical (unpaired) electrons. The molecule has 0 bridgehead atoms. The van der Waals surface area contributed by atoms with E-state index in [1.807, 2.05) is 24.5 Å². The van der Waals surface area contributed by atoms with Crippen LogP contribution in [0.2, 0.25) is 0 Å². The Balaban J connectivity index is 2.27. The summed E-state index contributed by atoms with van der Waals surface area (Å²) in [6.07, 6.45) is 3.97. The molecule has 2 nitrogen and oxygen atoms in total. The van der Waals surface area contributed by atoms with E-state index in [1.54, 1.807) is 0 Å². The number of hydrogen-bond acceptors (Lipinski definition) is 2. The number of benzene rings is 1. The molecule has 0 amide bonds. The van der Waals surface area contributed by atoms with Gasteiger partial charge in [0, 0.05) is 22.6 Å². The van der Waals surface area contributed by atoms with Crippen LogP contribution in [0.5, 0.6) is 0 Å². The Bertz CT molecular complexity index is 309. The molecule has 3 heteroatoms. The van der Waals surface area contributed by atoms with Gasteiger partial charge < -0.3 is 10.2 Å². The van der Waals surface area contributed by atoms with Crippen molar-refractivity contribution in [1.82, 2.24) is 5.32 Å². The van der Waals surface area contributed by atoms with Crippen molar-refractivity contribution < 1.29 is 0 Å². The molecule has 0 spiro atoms. The van der Waals surface area contributed by atoms with Crippen LogP contribution >= 0.6 is 15.9 Å². The van der Waals surface area contributed by atoms with Crippen LogP contribution in [0.4, 0.5) is 5.69 Å². The molecule has 1 heterocycles. The number of hydrogen-bond donors (Lipinski definition) is 1. The minimum absolute atomic E-state index is 0.858. The summed E-state index contributed by atoms with van der Waals surface area (Å²) in [5.74, 6) is 0. The summed E-state index contributed by atoms with van der Waals surface area (Å²) in [4.78, 5) is 2.14. The molecule has 0 aromatic heterocycles. The van der Waals surface area contributed by atoms with Crippen LogP contribution in [0.1, 0.15) is 0 Å². The van der Waals surface area contributed by atoms with Crippen LogP contribution in [0.15, 0.2) is 41.1 Å². The van der Waals surface area contributed by atoms with Crippen LogP contribution in [0.3, 0.4) is 0 Å². The summed E-state index contributed by atoms with van der Waals surface area (Å²) in [7, 11) is 0. The molecule has 0 saturated heterocycles. The topological polar surface area (TPSA) is 15.3 Å². The maximum atomic E-state index is 3.44. The third kappa shape index (κ3) is 1.46. The van der Waals surface area contributed by atoms with Crippen LogP contribution < -0.4 is 10.2 Å². The number of nitrogens with zero attached hydrogens (tertiary/aromatic N) is 1. The largest absolute Gasteiger partial charge is 0.372 e. The molecule has 0 unspecified atom stereocenters. The second-order valence-corrected chi connectivity index (χ2v) is 3.54. The molecule has 1 aliphatic heterocycles. The van der Waals surface area contributed by atoms with E-state index in [2.05, 4.69) is 38.3 Å². The van der Waals surface area contributed by atoms with Crippen molar-refractivity contribution in [2.45, 2.75) is 0 Å². The maximum absolute atomic E-state index is 3.44. The van der Waals surface area contributed by atoms with Gasteiger partial charge in [-0.3, -0.25) is 0 Å². The lowest BCUT2D eigenvalue weighted by Gasteiger charge is -2.14. The van der Waals surface area contributed by atoms with Crippen molar-refractivity contribution in [2.75, 3.05) is 11.6 Å². The first-order valence-corrected chi connectivity index (χ1v) is 4.58. The number of rotatable bonds is 1. The van der Waals surface area contributed by atoms with Crippen LogP contribution in [-0.4, -0.2) is 6.67 Å². The molecule has 62 valence electrons. The van der Waals surface area contributed by atoms with Crippen molar-refractivity contribution in [3.05, 3.63) is 41.1 Å². The lowest BCUT2D eigenvalue weighted by atomic mass is 10.3. The van der Waals surface area contributed by atoms with Gasteiger partial charge in [0.1, 0.15) is 0 Å². The van der Waals surface area contributed by atoms with E-state index in [0.29, 0.717) is 0 Å². The van der Waals surface area contributed by atoms with Crippen molar-refractivity contribution in [3.63, 3.8) is 0 Å². The molecule has 1 aromatic carbocycles. The first-order chi connectivity index (χ1) is 5.86. The highest BCUT2D eigenvalue weighted by molar-refractivity contribution is 9.10. The highest BCUT2D eigenvalue weighted by atomic mass is 79.9. The first kappa shape index (κ1) is 7.68. The zero-order valence-corrected chi connectivity index (χ0v) is 8.08. The Morgan fingerprint density at radius 2 is 2.33 bits per heavy atom. The van der Waals surface area contributed by atoms with Crippen LogP contribution in [0, 0.1) is 0 Å². The SMILES string of the molecule is Brc1cccc(N2C=CNC2)c1. The Kier molecular flexibility index (Phi) is 2.04. The van der Waals surface area contributed by atoms with Crippen molar-refractivity contribution in [2.24, 2.45) is 0 Å². The van der Waals surface area contributed by atoms with Gasteiger partial charge in [0.25, 0.3) is 0 Å². The van der Waals surface area contributed by atoms with Crippen LogP contribution in [0.25, 0.3) is 0 Å². The van der Waals surface area contributed by atoms with E-state index in [1.165, 1.54) is 5.69 Å². The van der Waals surface area contributed by atoms with Crippen LogP contribution in [-0.2, 0) is 0 Å². The molecule has 1 aromatic rings. The van der Waals surface area contributed by atoms with Gasteiger partial charge in [-0.2, -0.15) is 0 Å². The number of nitrogens with one attached hydrogen (secondary N) is 1. The predicted octanol–water partition coefficient (Wildman–Crippen LogP) is 2.29. The van der Waals surface area contributed by atoms with Gasteiger partial charge in [0.2, 0.25) is 0 Å². The molecule has 2 rings (SSSR count). The van der Waals surface area contributed by atoms with Crippen molar-refractivity contribution >= 4 is 21.6 Å². The third-order valence-electron chi connectivity index (χ3n) is 1.77. The molecule has 1 N–H and O–H groups in total. The van der Waals surface area contributed by atoms with E-state index in [9.17, 15) is 0 Å². The maximum Gasteiger partial charge on any atom is 0.0916 e. The molecule has 0 fully saturated rings. The highest BCUT2D eigenvalue weighted by Gasteiger charge is 2.05. The quantitative estimate of drug-likeness (QED) is 0.788. The average Bonchev–Trinajstić information content (AvgIpc) is 2.56. The van der Waals surface area contributed by atoms with Crippen molar-refractivity contribution in [3.8, 4) is 0 Å².